The molecule has 0 fully saturated rings. The first-order valence-electron chi connectivity index (χ1n) is 6.05. The second kappa shape index (κ2) is 5.87. The highest BCUT2D eigenvalue weighted by Crippen LogP contribution is 2.19. The van der Waals surface area contributed by atoms with Crippen molar-refractivity contribution in [2.75, 3.05) is 0 Å². The molecule has 0 aromatic heterocycles. The fourth-order valence-corrected chi connectivity index (χ4v) is 1.85. The van der Waals surface area contributed by atoms with Crippen molar-refractivity contribution < 1.29 is 0 Å². The lowest BCUT2D eigenvalue weighted by atomic mass is 10.0. The average Bonchev–Trinajstić information content (AvgIpc) is 2.46. The highest BCUT2D eigenvalue weighted by molar-refractivity contribution is 5.82. The molecule has 0 atom stereocenters. The molecular weight excluding hydrogens is 218 g/mol. The molecule has 0 aliphatic rings. The van der Waals surface area contributed by atoms with Gasteiger partial charge in [-0.3, -0.25) is 0 Å². The van der Waals surface area contributed by atoms with Gasteiger partial charge >= 0.3 is 0 Å². The first kappa shape index (κ1) is 12.2. The molecule has 0 amide bonds. The lowest BCUT2D eigenvalue weighted by molar-refractivity contribution is 1.51. The normalized spacial score (nSPS) is 12.5. The lowest BCUT2D eigenvalue weighted by Crippen LogP contribution is -1.96. The van der Waals surface area contributed by atoms with E-state index in [0.717, 1.165) is 16.8 Å². The minimum absolute atomic E-state index is 0.785. The number of benzene rings is 2. The van der Waals surface area contributed by atoms with Crippen LogP contribution in [0.25, 0.3) is 11.3 Å². The van der Waals surface area contributed by atoms with Crippen LogP contribution in [0.5, 0.6) is 0 Å². The SMILES string of the molecule is C/C=C(\C=C(/N)c1ccccc1)c1ccccc1. The van der Waals surface area contributed by atoms with Crippen molar-refractivity contribution in [3.63, 3.8) is 0 Å². The fraction of sp³-hybridized carbons (Fsp3) is 0.0588. The molecule has 2 aromatic carbocycles. The van der Waals surface area contributed by atoms with Gasteiger partial charge in [0.05, 0.1) is 0 Å². The summed E-state index contributed by atoms with van der Waals surface area (Å²) in [6.45, 7) is 2.02. The van der Waals surface area contributed by atoms with Crippen LogP contribution in [0.4, 0.5) is 0 Å². The summed E-state index contributed by atoms with van der Waals surface area (Å²) in [4.78, 5) is 0. The lowest BCUT2D eigenvalue weighted by Gasteiger charge is -2.05. The molecule has 0 unspecified atom stereocenters. The van der Waals surface area contributed by atoms with Crippen molar-refractivity contribution in [3.05, 3.63) is 83.9 Å². The molecule has 0 bridgehead atoms. The maximum atomic E-state index is 6.13. The van der Waals surface area contributed by atoms with Gasteiger partial charge in [0.25, 0.3) is 0 Å². The average molecular weight is 235 g/mol. The van der Waals surface area contributed by atoms with E-state index >= 15 is 0 Å². The largest absolute Gasteiger partial charge is 0.398 e. The predicted molar refractivity (Wildman–Crippen MR) is 78.7 cm³/mol. The van der Waals surface area contributed by atoms with E-state index in [1.54, 1.807) is 0 Å². The fourth-order valence-electron chi connectivity index (χ4n) is 1.85. The Kier molecular flexibility index (Phi) is 3.98. The van der Waals surface area contributed by atoms with Crippen molar-refractivity contribution in [2.45, 2.75) is 6.92 Å². The van der Waals surface area contributed by atoms with E-state index in [1.165, 1.54) is 5.56 Å². The minimum atomic E-state index is 0.785. The highest BCUT2D eigenvalue weighted by Gasteiger charge is 1.99. The number of nitrogens with two attached hydrogens (primary N) is 1. The van der Waals surface area contributed by atoms with Crippen LogP contribution in [0.2, 0.25) is 0 Å². The third-order valence-corrected chi connectivity index (χ3v) is 2.84. The number of hydrogen-bond acceptors (Lipinski definition) is 1. The van der Waals surface area contributed by atoms with Crippen LogP contribution in [0, 0.1) is 0 Å². The molecule has 0 aliphatic heterocycles. The quantitative estimate of drug-likeness (QED) is 0.797. The summed E-state index contributed by atoms with van der Waals surface area (Å²) in [6, 6.07) is 20.3. The molecule has 0 saturated heterocycles. The van der Waals surface area contributed by atoms with Gasteiger partial charge in [-0.25, -0.2) is 0 Å². The van der Waals surface area contributed by atoms with Crippen LogP contribution in [0.3, 0.4) is 0 Å². The second-order valence-electron chi connectivity index (χ2n) is 4.08. The summed E-state index contributed by atoms with van der Waals surface area (Å²) in [5, 5.41) is 0. The first-order valence-corrected chi connectivity index (χ1v) is 6.05. The topological polar surface area (TPSA) is 26.0 Å². The summed E-state index contributed by atoms with van der Waals surface area (Å²) in [7, 11) is 0. The van der Waals surface area contributed by atoms with Crippen molar-refractivity contribution in [1.82, 2.24) is 0 Å². The molecule has 2 rings (SSSR count). The molecule has 0 saturated carbocycles. The predicted octanol–water partition coefficient (Wildman–Crippen LogP) is 4.09. The van der Waals surface area contributed by atoms with Crippen molar-refractivity contribution >= 4 is 11.3 Å². The zero-order chi connectivity index (χ0) is 12.8. The number of allylic oxidation sites excluding steroid dienone is 3. The van der Waals surface area contributed by atoms with Crippen molar-refractivity contribution in [2.24, 2.45) is 5.73 Å². The first-order chi connectivity index (χ1) is 8.81. The Balaban J connectivity index is 2.32. The van der Waals surface area contributed by atoms with Gasteiger partial charge in [0.1, 0.15) is 0 Å². The van der Waals surface area contributed by atoms with Gasteiger partial charge in [0, 0.05) is 5.70 Å². The van der Waals surface area contributed by atoms with E-state index in [9.17, 15) is 0 Å². The molecule has 0 heterocycles. The number of rotatable bonds is 3. The van der Waals surface area contributed by atoms with Gasteiger partial charge in [-0.05, 0) is 29.7 Å². The van der Waals surface area contributed by atoms with Crippen LogP contribution in [0.15, 0.2) is 72.8 Å². The molecular formula is C17H17N. The van der Waals surface area contributed by atoms with E-state index in [2.05, 4.69) is 18.2 Å². The van der Waals surface area contributed by atoms with Gasteiger partial charge in [-0.1, -0.05) is 66.7 Å². The monoisotopic (exact) mass is 235 g/mol. The Hall–Kier alpha value is -2.28. The summed E-state index contributed by atoms with van der Waals surface area (Å²) in [5.41, 5.74) is 10.3. The van der Waals surface area contributed by atoms with Crippen molar-refractivity contribution in [1.29, 1.82) is 0 Å². The molecule has 2 aromatic rings. The third-order valence-electron chi connectivity index (χ3n) is 2.84. The van der Waals surface area contributed by atoms with E-state index in [-0.39, 0.29) is 0 Å². The molecule has 1 heteroatoms. The Morgan fingerprint density at radius 1 is 0.833 bits per heavy atom. The molecule has 0 spiro atoms. The zero-order valence-corrected chi connectivity index (χ0v) is 10.5. The van der Waals surface area contributed by atoms with E-state index in [0.29, 0.717) is 0 Å². The summed E-state index contributed by atoms with van der Waals surface area (Å²) in [5.74, 6) is 0. The zero-order valence-electron chi connectivity index (χ0n) is 10.5. The van der Waals surface area contributed by atoms with E-state index in [4.69, 9.17) is 5.73 Å². The van der Waals surface area contributed by atoms with Crippen LogP contribution in [0.1, 0.15) is 18.1 Å². The molecule has 1 nitrogen and oxygen atoms in total. The van der Waals surface area contributed by atoms with Gasteiger partial charge in [0.15, 0.2) is 0 Å². The van der Waals surface area contributed by atoms with Crippen LogP contribution < -0.4 is 5.73 Å². The van der Waals surface area contributed by atoms with Gasteiger partial charge < -0.3 is 5.73 Å². The standard InChI is InChI=1S/C17H17N/c1-2-14(15-9-5-3-6-10-15)13-17(18)16-11-7-4-8-12-16/h2-13H,18H2,1H3/b14-2+,17-13-. The Morgan fingerprint density at radius 2 is 1.33 bits per heavy atom. The van der Waals surface area contributed by atoms with Crippen molar-refractivity contribution in [3.8, 4) is 0 Å². The maximum Gasteiger partial charge on any atom is 0.0393 e. The molecule has 0 aliphatic carbocycles. The Bertz CT molecular complexity index is 551. The Morgan fingerprint density at radius 3 is 1.83 bits per heavy atom. The van der Waals surface area contributed by atoms with Crippen LogP contribution >= 0.6 is 0 Å². The van der Waals surface area contributed by atoms with Gasteiger partial charge in [-0.15, -0.1) is 0 Å². The highest BCUT2D eigenvalue weighted by atomic mass is 14.6. The Labute approximate surface area is 108 Å². The summed E-state index contributed by atoms with van der Waals surface area (Å²) < 4.78 is 0. The summed E-state index contributed by atoms with van der Waals surface area (Å²) >= 11 is 0. The van der Waals surface area contributed by atoms with Gasteiger partial charge in [-0.2, -0.15) is 0 Å². The molecule has 0 radical (unpaired) electrons. The number of hydrogen-bond donors (Lipinski definition) is 1. The molecule has 90 valence electrons. The third kappa shape index (κ3) is 2.89. The van der Waals surface area contributed by atoms with Crippen LogP contribution in [-0.2, 0) is 0 Å². The van der Waals surface area contributed by atoms with E-state index in [1.807, 2.05) is 61.5 Å². The second-order valence-corrected chi connectivity index (χ2v) is 4.08. The summed E-state index contributed by atoms with van der Waals surface area (Å²) in [6.07, 6.45) is 4.09. The smallest absolute Gasteiger partial charge is 0.0393 e. The van der Waals surface area contributed by atoms with Crippen LogP contribution in [-0.4, -0.2) is 0 Å². The molecule has 18 heavy (non-hydrogen) atoms. The minimum Gasteiger partial charge on any atom is -0.398 e. The molecule has 2 N–H and O–H groups in total. The maximum absolute atomic E-state index is 6.13. The van der Waals surface area contributed by atoms with Gasteiger partial charge in [0.2, 0.25) is 0 Å². The van der Waals surface area contributed by atoms with E-state index < -0.39 is 0 Å².